The van der Waals surface area contributed by atoms with Crippen LogP contribution in [0.3, 0.4) is 0 Å². The number of non-ortho nitro benzene ring substituents is 1. The summed E-state index contributed by atoms with van der Waals surface area (Å²) in [6, 6.07) is 8.71. The first-order valence-corrected chi connectivity index (χ1v) is 8.01. The third-order valence-electron chi connectivity index (χ3n) is 3.89. The first kappa shape index (κ1) is 14.7. The number of fused-ring (bicyclic) bond motifs is 2. The highest BCUT2D eigenvalue weighted by atomic mass is 79.9. The Balaban J connectivity index is 1.79. The van der Waals surface area contributed by atoms with Crippen molar-refractivity contribution in [3.05, 3.63) is 69.2 Å². The van der Waals surface area contributed by atoms with Crippen LogP contribution >= 0.6 is 15.9 Å². The Morgan fingerprint density at radius 2 is 2.04 bits per heavy atom. The molecule has 0 aliphatic carbocycles. The Hall–Kier alpha value is -2.87. The maximum absolute atomic E-state index is 11.0. The summed E-state index contributed by atoms with van der Waals surface area (Å²) in [4.78, 5) is 14.9. The molecule has 0 saturated carbocycles. The van der Waals surface area contributed by atoms with E-state index in [-0.39, 0.29) is 5.69 Å². The van der Waals surface area contributed by atoms with Crippen molar-refractivity contribution in [2.45, 2.75) is 6.54 Å². The molecule has 0 saturated heterocycles. The molecule has 0 atom stereocenters. The number of nitrogens with one attached hydrogen (secondary N) is 2. The molecule has 4 rings (SSSR count). The second-order valence-electron chi connectivity index (χ2n) is 5.41. The molecule has 0 spiro atoms. The third-order valence-corrected chi connectivity index (χ3v) is 4.35. The molecule has 0 radical (unpaired) electrons. The van der Waals surface area contributed by atoms with Gasteiger partial charge in [0.25, 0.3) is 5.69 Å². The zero-order chi connectivity index (χ0) is 16.7. The summed E-state index contributed by atoms with van der Waals surface area (Å²) in [5, 5.41) is 17.5. The van der Waals surface area contributed by atoms with Crippen LogP contribution in [-0.2, 0) is 6.54 Å². The minimum atomic E-state index is -0.395. The van der Waals surface area contributed by atoms with Gasteiger partial charge in [0.1, 0.15) is 0 Å². The molecule has 1 aromatic heterocycles. The van der Waals surface area contributed by atoms with E-state index in [1.807, 2.05) is 29.1 Å². The lowest BCUT2D eigenvalue weighted by Crippen LogP contribution is -2.08. The Kier molecular flexibility index (Phi) is 3.46. The average molecular weight is 386 g/mol. The molecule has 0 bridgehead atoms. The molecule has 1 aliphatic rings. The van der Waals surface area contributed by atoms with Gasteiger partial charge in [-0.3, -0.25) is 10.1 Å². The summed E-state index contributed by atoms with van der Waals surface area (Å²) in [6.07, 6.45) is 5.36. The number of hydrogen-bond acceptors (Lipinski definition) is 5. The van der Waals surface area contributed by atoms with Crippen LogP contribution in [0.25, 0.3) is 11.0 Å². The minimum Gasteiger partial charge on any atom is -0.359 e. The van der Waals surface area contributed by atoms with Gasteiger partial charge in [-0.25, -0.2) is 4.98 Å². The highest BCUT2D eigenvalue weighted by Crippen LogP contribution is 2.33. The Morgan fingerprint density at radius 1 is 1.21 bits per heavy atom. The summed E-state index contributed by atoms with van der Waals surface area (Å²) in [7, 11) is 0. The topological polar surface area (TPSA) is 85.0 Å². The number of hydrogen-bond donors (Lipinski definition) is 2. The van der Waals surface area contributed by atoms with E-state index in [1.54, 1.807) is 18.5 Å². The van der Waals surface area contributed by atoms with Crippen molar-refractivity contribution in [1.82, 2.24) is 9.55 Å². The summed E-state index contributed by atoms with van der Waals surface area (Å²) < 4.78 is 2.86. The zero-order valence-corrected chi connectivity index (χ0v) is 13.9. The number of halogens is 1. The molecule has 3 aromatic rings. The summed E-state index contributed by atoms with van der Waals surface area (Å²) in [5.41, 5.74) is 4.52. The fourth-order valence-electron chi connectivity index (χ4n) is 2.80. The van der Waals surface area contributed by atoms with E-state index >= 15 is 0 Å². The van der Waals surface area contributed by atoms with E-state index in [4.69, 9.17) is 0 Å². The zero-order valence-electron chi connectivity index (χ0n) is 12.4. The fraction of sp³-hybridized carbons (Fsp3) is 0.0625. The van der Waals surface area contributed by atoms with Crippen molar-refractivity contribution in [2.75, 3.05) is 10.6 Å². The van der Waals surface area contributed by atoms with Gasteiger partial charge in [0.15, 0.2) is 0 Å². The number of aromatic nitrogens is 2. The van der Waals surface area contributed by atoms with Gasteiger partial charge >= 0.3 is 0 Å². The van der Waals surface area contributed by atoms with Crippen molar-refractivity contribution >= 4 is 44.0 Å². The maximum Gasteiger partial charge on any atom is 0.271 e. The predicted octanol–water partition coefficient (Wildman–Crippen LogP) is 4.06. The van der Waals surface area contributed by atoms with E-state index in [9.17, 15) is 10.1 Å². The molecule has 2 N–H and O–H groups in total. The van der Waals surface area contributed by atoms with Crippen LogP contribution in [0.15, 0.2) is 53.5 Å². The molecule has 1 aliphatic heterocycles. The van der Waals surface area contributed by atoms with Crippen LogP contribution in [0.2, 0.25) is 0 Å². The molecule has 0 fully saturated rings. The van der Waals surface area contributed by atoms with Gasteiger partial charge in [-0.15, -0.1) is 0 Å². The van der Waals surface area contributed by atoms with Crippen LogP contribution < -0.4 is 10.6 Å². The number of nitro groups is 1. The van der Waals surface area contributed by atoms with Gasteiger partial charge < -0.3 is 15.2 Å². The van der Waals surface area contributed by atoms with Crippen LogP contribution in [0.1, 0.15) is 5.56 Å². The second kappa shape index (κ2) is 5.64. The Bertz CT molecular complexity index is 996. The van der Waals surface area contributed by atoms with Gasteiger partial charge in [-0.05, 0) is 23.8 Å². The summed E-state index contributed by atoms with van der Waals surface area (Å²) in [6.45, 7) is 0.544. The lowest BCUT2D eigenvalue weighted by molar-refractivity contribution is -0.384. The van der Waals surface area contributed by atoms with Crippen LogP contribution in [-0.4, -0.2) is 14.5 Å². The van der Waals surface area contributed by atoms with E-state index < -0.39 is 4.92 Å². The van der Waals surface area contributed by atoms with Crippen molar-refractivity contribution in [3.8, 4) is 0 Å². The van der Waals surface area contributed by atoms with Gasteiger partial charge in [-0.2, -0.15) is 0 Å². The molecular weight excluding hydrogens is 374 g/mol. The molecule has 120 valence electrons. The molecule has 0 amide bonds. The molecule has 2 heterocycles. The Morgan fingerprint density at radius 3 is 2.88 bits per heavy atom. The first-order valence-electron chi connectivity index (χ1n) is 7.21. The highest BCUT2D eigenvalue weighted by Gasteiger charge is 2.15. The maximum atomic E-state index is 11.0. The smallest absolute Gasteiger partial charge is 0.271 e. The van der Waals surface area contributed by atoms with Crippen LogP contribution in [0, 0.1) is 10.1 Å². The number of nitro benzene ring substituents is 1. The highest BCUT2D eigenvalue weighted by molar-refractivity contribution is 9.10. The second-order valence-corrected chi connectivity index (χ2v) is 6.33. The molecule has 2 aromatic carbocycles. The third kappa shape index (κ3) is 2.50. The van der Waals surface area contributed by atoms with Crippen molar-refractivity contribution < 1.29 is 4.92 Å². The van der Waals surface area contributed by atoms with Crippen molar-refractivity contribution in [3.63, 3.8) is 0 Å². The molecule has 24 heavy (non-hydrogen) atoms. The van der Waals surface area contributed by atoms with E-state index in [1.165, 1.54) is 6.07 Å². The minimum absolute atomic E-state index is 0.0586. The summed E-state index contributed by atoms with van der Waals surface area (Å²) in [5.74, 6) is 0. The first-order chi connectivity index (χ1) is 11.6. The van der Waals surface area contributed by atoms with E-state index in [2.05, 4.69) is 31.5 Å². The standard InChI is InChI=1S/C16H12BrN5O2/c17-11-5-10(16-14(6-11)18-3-4-19-16)8-21-9-20-13-2-1-12(22(23)24)7-15(13)21/h1-7,9,18-19H,8H2. The van der Waals surface area contributed by atoms with E-state index in [0.717, 1.165) is 32.4 Å². The number of imidazole rings is 1. The average Bonchev–Trinajstić information content (AvgIpc) is 2.97. The SMILES string of the molecule is O=[N+]([O-])c1ccc2ncn(Cc3cc(Br)cc4c3NC=CN4)c2c1. The van der Waals surface area contributed by atoms with Crippen LogP contribution in [0.4, 0.5) is 17.1 Å². The lowest BCUT2D eigenvalue weighted by Gasteiger charge is -2.19. The monoisotopic (exact) mass is 385 g/mol. The predicted molar refractivity (Wildman–Crippen MR) is 96.0 cm³/mol. The largest absolute Gasteiger partial charge is 0.359 e. The molecule has 8 heteroatoms. The van der Waals surface area contributed by atoms with E-state index in [0.29, 0.717) is 6.54 Å². The fourth-order valence-corrected chi connectivity index (χ4v) is 3.30. The number of anilines is 2. The van der Waals surface area contributed by atoms with Gasteiger partial charge in [-0.1, -0.05) is 15.9 Å². The number of rotatable bonds is 3. The van der Waals surface area contributed by atoms with Gasteiger partial charge in [0.05, 0.1) is 40.2 Å². The number of nitrogens with zero attached hydrogens (tertiary/aromatic N) is 3. The van der Waals surface area contributed by atoms with Crippen molar-refractivity contribution in [2.24, 2.45) is 0 Å². The summed E-state index contributed by atoms with van der Waals surface area (Å²) >= 11 is 3.52. The Labute approximate surface area is 145 Å². The van der Waals surface area contributed by atoms with Crippen molar-refractivity contribution in [1.29, 1.82) is 0 Å². The van der Waals surface area contributed by atoms with Gasteiger partial charge in [0, 0.05) is 29.0 Å². The normalized spacial score (nSPS) is 12.5. The van der Waals surface area contributed by atoms with Crippen LogP contribution in [0.5, 0.6) is 0 Å². The lowest BCUT2D eigenvalue weighted by atomic mass is 10.1. The molecular formula is C16H12BrN5O2. The van der Waals surface area contributed by atoms with Gasteiger partial charge in [0.2, 0.25) is 0 Å². The molecule has 7 nitrogen and oxygen atoms in total. The molecule has 0 unspecified atom stereocenters. The number of benzene rings is 2. The quantitative estimate of drug-likeness (QED) is 0.524.